The topological polar surface area (TPSA) is 98.0 Å². The minimum Gasteiger partial charge on any atom is -0.493 e. The Balaban J connectivity index is 1.89. The van der Waals surface area contributed by atoms with E-state index < -0.39 is 17.5 Å². The average molecular weight is 339 g/mol. The minimum atomic E-state index is -0.581. The molecule has 0 saturated heterocycles. The van der Waals surface area contributed by atoms with Gasteiger partial charge in [-0.05, 0) is 6.42 Å². The van der Waals surface area contributed by atoms with Crippen molar-refractivity contribution in [2.45, 2.75) is 84.0 Å². The molecule has 0 aliphatic carbocycles. The second-order valence-corrected chi connectivity index (χ2v) is 6.45. The van der Waals surface area contributed by atoms with E-state index in [-0.39, 0.29) is 5.69 Å². The van der Waals surface area contributed by atoms with Gasteiger partial charge in [-0.3, -0.25) is 14.8 Å². The van der Waals surface area contributed by atoms with E-state index in [0.29, 0.717) is 6.54 Å². The molecule has 0 aromatic carbocycles. The Kier molecular flexibility index (Phi) is 10.7. The number of hydrogen-bond donors (Lipinski definition) is 4. The standard InChI is InChI=1S/C18H33N3O3/c1-2-3-4-5-6-7-8-9-10-11-12-13-14-19-16(22)15-17(23)21-18(24)20-15/h23H,2-14H2,1H3,(H,19,22)(H2,20,21,24). The number of hydrogen-bond acceptors (Lipinski definition) is 3. The largest absolute Gasteiger partial charge is 0.493 e. The number of unbranched alkanes of at least 4 members (excludes halogenated alkanes) is 11. The molecule has 0 saturated carbocycles. The van der Waals surface area contributed by atoms with Crippen LogP contribution in [0.15, 0.2) is 4.79 Å². The predicted octanol–water partition coefficient (Wildman–Crippen LogP) is 3.84. The van der Waals surface area contributed by atoms with Gasteiger partial charge in [-0.1, -0.05) is 77.6 Å². The normalized spacial score (nSPS) is 10.9. The molecular weight excluding hydrogens is 306 g/mol. The maximum atomic E-state index is 11.7. The molecule has 0 radical (unpaired) electrons. The van der Waals surface area contributed by atoms with Crippen LogP contribution in [0.1, 0.15) is 94.5 Å². The first-order valence-electron chi connectivity index (χ1n) is 9.44. The van der Waals surface area contributed by atoms with Gasteiger partial charge in [0, 0.05) is 6.54 Å². The fraction of sp³-hybridized carbons (Fsp3) is 0.778. The van der Waals surface area contributed by atoms with Crippen LogP contribution < -0.4 is 11.0 Å². The van der Waals surface area contributed by atoms with Crippen molar-refractivity contribution in [1.29, 1.82) is 0 Å². The summed E-state index contributed by atoms with van der Waals surface area (Å²) in [6.07, 6.45) is 15.3. The number of carbonyl (C=O) groups excluding carboxylic acids is 1. The molecule has 24 heavy (non-hydrogen) atoms. The van der Waals surface area contributed by atoms with Crippen LogP contribution >= 0.6 is 0 Å². The van der Waals surface area contributed by atoms with E-state index in [1.165, 1.54) is 64.2 Å². The molecule has 138 valence electrons. The third-order valence-electron chi connectivity index (χ3n) is 4.25. The molecule has 1 aromatic rings. The molecule has 0 bridgehead atoms. The Morgan fingerprint density at radius 2 is 1.38 bits per heavy atom. The van der Waals surface area contributed by atoms with Crippen molar-refractivity contribution in [3.63, 3.8) is 0 Å². The van der Waals surface area contributed by atoms with Crippen molar-refractivity contribution in [3.8, 4) is 5.88 Å². The molecule has 0 aliphatic heterocycles. The molecule has 4 N–H and O–H groups in total. The maximum Gasteiger partial charge on any atom is 0.326 e. The Hall–Kier alpha value is -1.72. The van der Waals surface area contributed by atoms with Crippen LogP contribution in [0.5, 0.6) is 5.88 Å². The predicted molar refractivity (Wildman–Crippen MR) is 96.5 cm³/mol. The fourth-order valence-corrected chi connectivity index (χ4v) is 2.79. The van der Waals surface area contributed by atoms with Gasteiger partial charge in [0.25, 0.3) is 5.91 Å². The van der Waals surface area contributed by atoms with Gasteiger partial charge in [-0.25, -0.2) is 4.79 Å². The number of aromatic amines is 2. The summed E-state index contributed by atoms with van der Waals surface area (Å²) in [6, 6.07) is 0. The highest BCUT2D eigenvalue weighted by atomic mass is 16.3. The molecule has 0 fully saturated rings. The van der Waals surface area contributed by atoms with E-state index in [1.54, 1.807) is 0 Å². The van der Waals surface area contributed by atoms with Gasteiger partial charge < -0.3 is 10.4 Å². The second kappa shape index (κ2) is 12.7. The van der Waals surface area contributed by atoms with Crippen LogP contribution in [0.3, 0.4) is 0 Å². The van der Waals surface area contributed by atoms with E-state index in [2.05, 4.69) is 22.2 Å². The van der Waals surface area contributed by atoms with Crippen LogP contribution in [0.4, 0.5) is 0 Å². The van der Waals surface area contributed by atoms with Crippen LogP contribution in [-0.4, -0.2) is 27.5 Å². The highest BCUT2D eigenvalue weighted by Crippen LogP contribution is 2.12. The van der Waals surface area contributed by atoms with Gasteiger partial charge in [-0.15, -0.1) is 0 Å². The number of aromatic hydroxyl groups is 1. The van der Waals surface area contributed by atoms with Crippen molar-refractivity contribution >= 4 is 5.91 Å². The van der Waals surface area contributed by atoms with E-state index >= 15 is 0 Å². The first-order valence-corrected chi connectivity index (χ1v) is 9.44. The van der Waals surface area contributed by atoms with Crippen molar-refractivity contribution in [2.24, 2.45) is 0 Å². The van der Waals surface area contributed by atoms with Gasteiger partial charge >= 0.3 is 5.69 Å². The summed E-state index contributed by atoms with van der Waals surface area (Å²) in [4.78, 5) is 27.1. The summed E-state index contributed by atoms with van der Waals surface area (Å²) in [7, 11) is 0. The van der Waals surface area contributed by atoms with Crippen molar-refractivity contribution in [2.75, 3.05) is 6.54 Å². The van der Waals surface area contributed by atoms with E-state index in [9.17, 15) is 14.7 Å². The lowest BCUT2D eigenvalue weighted by Gasteiger charge is -2.04. The molecule has 1 aromatic heterocycles. The zero-order valence-corrected chi connectivity index (χ0v) is 15.0. The van der Waals surface area contributed by atoms with Gasteiger partial charge in [-0.2, -0.15) is 0 Å². The summed E-state index contributed by atoms with van der Waals surface area (Å²) in [5.41, 5.74) is -0.679. The summed E-state index contributed by atoms with van der Waals surface area (Å²) in [5.74, 6) is -0.860. The lowest BCUT2D eigenvalue weighted by atomic mass is 10.1. The number of H-pyrrole nitrogens is 2. The Morgan fingerprint density at radius 1 is 0.875 bits per heavy atom. The van der Waals surface area contributed by atoms with Crippen LogP contribution in [0.25, 0.3) is 0 Å². The third kappa shape index (κ3) is 8.79. The number of amides is 1. The molecule has 0 aliphatic rings. The lowest BCUT2D eigenvalue weighted by molar-refractivity contribution is 0.0945. The van der Waals surface area contributed by atoms with E-state index in [0.717, 1.165) is 12.8 Å². The van der Waals surface area contributed by atoms with Crippen molar-refractivity contribution in [3.05, 3.63) is 16.2 Å². The average Bonchev–Trinajstić information content (AvgIpc) is 2.90. The van der Waals surface area contributed by atoms with Crippen molar-refractivity contribution in [1.82, 2.24) is 15.3 Å². The minimum absolute atomic E-state index is 0.0982. The highest BCUT2D eigenvalue weighted by molar-refractivity contribution is 5.94. The molecule has 0 unspecified atom stereocenters. The SMILES string of the molecule is CCCCCCCCCCCCCCNC(=O)c1[nH]c(=O)[nH]c1O. The number of carbonyl (C=O) groups is 1. The Morgan fingerprint density at radius 3 is 1.83 bits per heavy atom. The van der Waals surface area contributed by atoms with Gasteiger partial charge in [0.1, 0.15) is 0 Å². The van der Waals surface area contributed by atoms with Crippen LogP contribution in [0, 0.1) is 0 Å². The summed E-state index contributed by atoms with van der Waals surface area (Å²) in [5, 5.41) is 12.1. The van der Waals surface area contributed by atoms with Crippen LogP contribution in [0.2, 0.25) is 0 Å². The molecular formula is C18H33N3O3. The number of imidazole rings is 1. The summed E-state index contributed by atoms with van der Waals surface area (Å²) in [6.45, 7) is 2.80. The third-order valence-corrected chi connectivity index (χ3v) is 4.25. The highest BCUT2D eigenvalue weighted by Gasteiger charge is 2.13. The quantitative estimate of drug-likeness (QED) is 0.388. The Bertz CT molecular complexity index is 508. The van der Waals surface area contributed by atoms with Gasteiger partial charge in [0.15, 0.2) is 5.69 Å². The molecule has 1 rings (SSSR count). The van der Waals surface area contributed by atoms with Gasteiger partial charge in [0.05, 0.1) is 0 Å². The number of aromatic nitrogens is 2. The first-order chi connectivity index (χ1) is 11.6. The molecule has 6 heteroatoms. The first kappa shape index (κ1) is 20.3. The van der Waals surface area contributed by atoms with Crippen molar-refractivity contribution < 1.29 is 9.90 Å². The van der Waals surface area contributed by atoms with Crippen LogP contribution in [-0.2, 0) is 0 Å². The zero-order chi connectivity index (χ0) is 17.6. The number of nitrogens with one attached hydrogen (secondary N) is 3. The summed E-state index contributed by atoms with van der Waals surface area (Å²) >= 11 is 0. The zero-order valence-electron chi connectivity index (χ0n) is 15.0. The maximum absolute atomic E-state index is 11.7. The smallest absolute Gasteiger partial charge is 0.326 e. The molecule has 1 heterocycles. The fourth-order valence-electron chi connectivity index (χ4n) is 2.79. The second-order valence-electron chi connectivity index (χ2n) is 6.45. The monoisotopic (exact) mass is 339 g/mol. The van der Waals surface area contributed by atoms with Gasteiger partial charge in [0.2, 0.25) is 5.88 Å². The molecule has 0 atom stereocenters. The Labute approximate surface area is 144 Å². The van der Waals surface area contributed by atoms with E-state index in [1.807, 2.05) is 0 Å². The molecule has 6 nitrogen and oxygen atoms in total. The molecule has 1 amide bonds. The summed E-state index contributed by atoms with van der Waals surface area (Å²) < 4.78 is 0. The molecule has 0 spiro atoms. The number of rotatable bonds is 14. The lowest BCUT2D eigenvalue weighted by Crippen LogP contribution is -2.25. The van der Waals surface area contributed by atoms with E-state index in [4.69, 9.17) is 0 Å².